The molecule has 0 N–H and O–H groups in total. The summed E-state index contributed by atoms with van der Waals surface area (Å²) in [6, 6.07) is 35.7. The van der Waals surface area contributed by atoms with Crippen LogP contribution in [-0.4, -0.2) is 15.0 Å². The van der Waals surface area contributed by atoms with E-state index in [1.807, 2.05) is 103 Å². The molecule has 0 spiro atoms. The molecule has 0 fully saturated rings. The molecule has 0 radical (unpaired) electrons. The Morgan fingerprint density at radius 2 is 1.15 bits per heavy atom. The highest BCUT2D eigenvalue weighted by Gasteiger charge is 2.19. The van der Waals surface area contributed by atoms with Gasteiger partial charge in [-0.2, -0.15) is 0 Å². The highest BCUT2D eigenvalue weighted by atomic mass is 32.1. The van der Waals surface area contributed by atoms with Crippen molar-refractivity contribution < 1.29 is 16.8 Å². The number of hydrogen-bond acceptors (Lipinski definition) is 5. The molecule has 0 saturated heterocycles. The van der Waals surface area contributed by atoms with Crippen LogP contribution in [0.5, 0.6) is 0 Å². The Balaban J connectivity index is 1.19. The van der Waals surface area contributed by atoms with Gasteiger partial charge < -0.3 is 4.42 Å². The van der Waals surface area contributed by atoms with E-state index < -0.39 is 30.2 Å². The second kappa shape index (κ2) is 12.3. The zero-order valence-electron chi connectivity index (χ0n) is 37.2. The normalized spacial score (nSPS) is 14.0. The first kappa shape index (κ1) is 22.9. The molecule has 3 aromatic heterocycles. The molecule has 252 valence electrons. The number of nitrogens with zero attached hydrogens (tertiary/aromatic N) is 3. The zero-order chi connectivity index (χ0) is 43.4. The van der Waals surface area contributed by atoms with Crippen molar-refractivity contribution in [3.63, 3.8) is 0 Å². The molecular weight excluding hydrogens is 679 g/mol. The lowest BCUT2D eigenvalue weighted by Crippen LogP contribution is -2.00. The molecule has 0 unspecified atom stereocenters. The average Bonchev–Trinajstić information content (AvgIpc) is 3.90. The highest BCUT2D eigenvalue weighted by molar-refractivity contribution is 7.26. The summed E-state index contributed by atoms with van der Waals surface area (Å²) in [4.78, 5) is 14.9. The zero-order valence-corrected chi connectivity index (χ0v) is 29.0. The molecule has 4 nitrogen and oxygen atoms in total. The number of furan rings is 1. The molecule has 5 heteroatoms. The number of thiophene rings is 1. The molecular formula is C49H29N3OS. The van der Waals surface area contributed by atoms with Gasteiger partial charge in [-0.1, -0.05) is 151 Å². The first-order chi connectivity index (χ1) is 30.5. The number of benzene rings is 8. The van der Waals surface area contributed by atoms with Gasteiger partial charge in [0.1, 0.15) is 11.2 Å². The van der Waals surface area contributed by atoms with Crippen molar-refractivity contribution in [3.05, 3.63) is 176 Å². The van der Waals surface area contributed by atoms with Crippen LogP contribution in [-0.2, 0) is 0 Å². The number of hydrogen-bond donors (Lipinski definition) is 0. The Hall–Kier alpha value is -6.95. The summed E-state index contributed by atoms with van der Waals surface area (Å²) in [5.74, 6) is 0.474. The fraction of sp³-hybridized carbons (Fsp3) is 0. The Morgan fingerprint density at radius 3 is 1.98 bits per heavy atom. The summed E-state index contributed by atoms with van der Waals surface area (Å²) < 4.78 is 86.9. The van der Waals surface area contributed by atoms with Gasteiger partial charge in [-0.25, -0.2) is 15.0 Å². The summed E-state index contributed by atoms with van der Waals surface area (Å²) >= 11 is 0.988. The number of aromatic nitrogens is 3. The Labute approximate surface area is 327 Å². The van der Waals surface area contributed by atoms with E-state index in [1.165, 1.54) is 0 Å². The van der Waals surface area contributed by atoms with Gasteiger partial charge >= 0.3 is 0 Å². The van der Waals surface area contributed by atoms with Crippen LogP contribution in [0.25, 0.3) is 109 Å². The van der Waals surface area contributed by atoms with Crippen LogP contribution in [0, 0.1) is 0 Å². The lowest BCUT2D eigenvalue weighted by atomic mass is 9.99. The van der Waals surface area contributed by atoms with E-state index in [0.717, 1.165) is 44.4 Å². The van der Waals surface area contributed by atoms with E-state index in [0.29, 0.717) is 22.3 Å². The molecule has 0 aliphatic carbocycles. The van der Waals surface area contributed by atoms with Crippen LogP contribution in [0.3, 0.4) is 0 Å². The number of rotatable bonds is 5. The average molecular weight is 717 g/mol. The molecule has 0 atom stereocenters. The third-order valence-electron chi connectivity index (χ3n) is 9.70. The van der Waals surface area contributed by atoms with E-state index in [9.17, 15) is 2.74 Å². The maximum atomic E-state index is 9.38. The molecule has 54 heavy (non-hydrogen) atoms. The van der Waals surface area contributed by atoms with E-state index in [1.54, 1.807) is 0 Å². The fourth-order valence-electron chi connectivity index (χ4n) is 7.15. The molecule has 0 bridgehead atoms. The summed E-state index contributed by atoms with van der Waals surface area (Å²) in [7, 11) is 0. The largest absolute Gasteiger partial charge is 0.456 e. The van der Waals surface area contributed by atoms with E-state index >= 15 is 0 Å². The lowest BCUT2D eigenvalue weighted by Gasteiger charge is -2.10. The van der Waals surface area contributed by atoms with Crippen molar-refractivity contribution in [1.29, 1.82) is 0 Å². The van der Waals surface area contributed by atoms with Gasteiger partial charge in [-0.15, -0.1) is 11.3 Å². The molecule has 0 saturated carbocycles. The Bertz CT molecular complexity index is 3730. The molecule has 0 aliphatic heterocycles. The maximum Gasteiger partial charge on any atom is 0.164 e. The van der Waals surface area contributed by atoms with Crippen LogP contribution < -0.4 is 0 Å². The van der Waals surface area contributed by atoms with Gasteiger partial charge in [0.25, 0.3) is 0 Å². The molecule has 0 amide bonds. The quantitative estimate of drug-likeness (QED) is 0.178. The molecule has 8 aromatic carbocycles. The van der Waals surface area contributed by atoms with Crippen molar-refractivity contribution in [2.75, 3.05) is 0 Å². The fourth-order valence-corrected chi connectivity index (χ4v) is 8.27. The Kier molecular flexibility index (Phi) is 5.22. The van der Waals surface area contributed by atoms with Gasteiger partial charge in [0.05, 0.1) is 12.3 Å². The summed E-state index contributed by atoms with van der Waals surface area (Å²) in [6.45, 7) is 0. The minimum atomic E-state index is -0.524. The lowest BCUT2D eigenvalue weighted by molar-refractivity contribution is 0.669. The second-order valence-electron chi connectivity index (χ2n) is 12.9. The highest BCUT2D eigenvalue weighted by Crippen LogP contribution is 2.43. The standard InChI is InChI=1S/C49H29N3OS/c1-3-11-30(12-4-1)31-21-23-34(24-22-31)47-50-48(35-26-27-38-42(29-35)53-41-19-9-17-36(44(38)41)32-13-5-2-6-14-32)52-49(51-47)40-18-10-20-43-45(40)39-28-25-33-15-7-8-16-37(33)46(39)54-43/h1-29H/i7D,8D,10D,15D,16D,18D,20D,25D,28D. The maximum absolute atomic E-state index is 9.38. The van der Waals surface area contributed by atoms with Crippen LogP contribution in [0.15, 0.2) is 180 Å². The van der Waals surface area contributed by atoms with E-state index in [-0.39, 0.29) is 78.2 Å². The van der Waals surface area contributed by atoms with Gasteiger partial charge in [0.2, 0.25) is 0 Å². The van der Waals surface area contributed by atoms with Crippen molar-refractivity contribution in [3.8, 4) is 56.4 Å². The van der Waals surface area contributed by atoms with Crippen molar-refractivity contribution in [2.24, 2.45) is 0 Å². The predicted octanol–water partition coefficient (Wildman–Crippen LogP) is 13.6. The molecule has 3 heterocycles. The van der Waals surface area contributed by atoms with Crippen molar-refractivity contribution in [2.45, 2.75) is 0 Å². The van der Waals surface area contributed by atoms with Crippen LogP contribution in [0.2, 0.25) is 0 Å². The molecule has 0 aliphatic rings. The first-order valence-electron chi connectivity index (χ1n) is 21.8. The minimum absolute atomic E-state index is 0.0117. The van der Waals surface area contributed by atoms with Gasteiger partial charge in [0, 0.05) is 47.6 Å². The van der Waals surface area contributed by atoms with E-state index in [4.69, 9.17) is 29.0 Å². The van der Waals surface area contributed by atoms with E-state index in [2.05, 4.69) is 18.2 Å². The monoisotopic (exact) mass is 716 g/mol. The molecule has 11 aromatic rings. The van der Waals surface area contributed by atoms with Crippen molar-refractivity contribution in [1.82, 2.24) is 15.0 Å². The summed E-state index contributed by atoms with van der Waals surface area (Å²) in [6.07, 6.45) is 0. The summed E-state index contributed by atoms with van der Waals surface area (Å²) in [5.41, 5.74) is 6.62. The van der Waals surface area contributed by atoms with Crippen molar-refractivity contribution >= 4 is 64.2 Å². The van der Waals surface area contributed by atoms with Gasteiger partial charge in [0.15, 0.2) is 17.5 Å². The first-order valence-corrected chi connectivity index (χ1v) is 18.1. The Morgan fingerprint density at radius 1 is 0.444 bits per heavy atom. The van der Waals surface area contributed by atoms with Crippen LogP contribution in [0.4, 0.5) is 0 Å². The van der Waals surface area contributed by atoms with Gasteiger partial charge in [-0.05, 0) is 57.3 Å². The molecule has 11 rings (SSSR count). The smallest absolute Gasteiger partial charge is 0.164 e. The third kappa shape index (κ3) is 5.01. The van der Waals surface area contributed by atoms with Crippen LogP contribution in [0.1, 0.15) is 12.3 Å². The van der Waals surface area contributed by atoms with Gasteiger partial charge in [-0.3, -0.25) is 0 Å². The van der Waals surface area contributed by atoms with Crippen LogP contribution >= 0.6 is 11.3 Å². The SMILES string of the molecule is [2H]c1c([2H])c(-c2nc(-c3ccc(-c4ccccc4)cc3)nc(-c3ccc4c(c3)oc3cccc(-c5ccccc5)c34)n2)c2c(sc3c4c([2H])c([2H])c([2H])c([2H])c4c([2H])c([2H])c32)c1[2H]. The predicted molar refractivity (Wildman–Crippen MR) is 225 cm³/mol. The third-order valence-corrected chi connectivity index (χ3v) is 10.8. The summed E-state index contributed by atoms with van der Waals surface area (Å²) in [5, 5.41) is 2.06. The minimum Gasteiger partial charge on any atom is -0.456 e. The second-order valence-corrected chi connectivity index (χ2v) is 13.9. The topological polar surface area (TPSA) is 51.8 Å². The number of fused-ring (bicyclic) bond motifs is 8.